The number of nitrogens with zero attached hydrogens (tertiary/aromatic N) is 3. The van der Waals surface area contributed by atoms with Gasteiger partial charge in [0.15, 0.2) is 12.2 Å². The van der Waals surface area contributed by atoms with Crippen molar-refractivity contribution in [3.05, 3.63) is 28.3 Å². The molecule has 2 heterocycles. The van der Waals surface area contributed by atoms with Gasteiger partial charge in [0, 0.05) is 38.1 Å². The van der Waals surface area contributed by atoms with Crippen LogP contribution in [0.4, 0.5) is 17.1 Å². The summed E-state index contributed by atoms with van der Waals surface area (Å²) in [6.45, 7) is 2.37. The van der Waals surface area contributed by atoms with Crippen LogP contribution in [0.25, 0.3) is 0 Å². The number of hydrogen-bond acceptors (Lipinski definition) is 3. The minimum Gasteiger partial charge on any atom is -0.305 e. The Hall–Kier alpha value is -1.95. The predicted molar refractivity (Wildman–Crippen MR) is 72.1 cm³/mol. The van der Waals surface area contributed by atoms with Gasteiger partial charge in [0.1, 0.15) is 5.69 Å². The molecule has 0 aromatic heterocycles. The Balaban J connectivity index is 2.17. The van der Waals surface area contributed by atoms with Crippen LogP contribution in [0.2, 0.25) is 0 Å². The first kappa shape index (κ1) is 12.1. The fraction of sp³-hybridized carbons (Fsp3) is 0.462. The van der Waals surface area contributed by atoms with Gasteiger partial charge >= 0.3 is 0 Å². The molecule has 6 nitrogen and oxygen atoms in total. The van der Waals surface area contributed by atoms with Crippen LogP contribution >= 0.6 is 0 Å². The highest BCUT2D eigenvalue weighted by atomic mass is 16.6. The van der Waals surface area contributed by atoms with E-state index in [-0.39, 0.29) is 11.6 Å². The fourth-order valence-corrected chi connectivity index (χ4v) is 3.22. The Kier molecular flexibility index (Phi) is 2.56. The lowest BCUT2D eigenvalue weighted by molar-refractivity contribution is -0.384. The highest BCUT2D eigenvalue weighted by Gasteiger charge is 2.44. The van der Waals surface area contributed by atoms with Gasteiger partial charge in [0.25, 0.3) is 11.6 Å². The number of quaternary nitrogens is 1. The van der Waals surface area contributed by atoms with E-state index in [1.54, 1.807) is 18.0 Å². The summed E-state index contributed by atoms with van der Waals surface area (Å²) in [5, 5.41) is 10.9. The van der Waals surface area contributed by atoms with Crippen LogP contribution in [-0.4, -0.2) is 37.5 Å². The van der Waals surface area contributed by atoms with E-state index in [0.29, 0.717) is 16.7 Å². The van der Waals surface area contributed by atoms with E-state index in [0.717, 1.165) is 31.6 Å². The molecule has 0 radical (unpaired) electrons. The van der Waals surface area contributed by atoms with Crippen molar-refractivity contribution in [3.63, 3.8) is 0 Å². The highest BCUT2D eigenvalue weighted by Crippen LogP contribution is 2.42. The number of nitro benzene ring substituents is 1. The lowest BCUT2D eigenvalue weighted by Gasteiger charge is -2.40. The van der Waals surface area contributed by atoms with Crippen LogP contribution in [0, 0.1) is 10.1 Å². The minimum absolute atomic E-state index is 0.0369. The van der Waals surface area contributed by atoms with Crippen LogP contribution in [0.5, 0.6) is 0 Å². The average Bonchev–Trinajstić information content (AvgIpc) is 2.85. The fourth-order valence-electron chi connectivity index (χ4n) is 3.22. The van der Waals surface area contributed by atoms with Crippen LogP contribution in [0.15, 0.2) is 18.2 Å². The standard InChI is InChI=1S/C13H16N3O3/c1-14-11-8-10(15(18)19)4-5-12(11)16(9-13(14)17)6-2-3-7-16/h4-5,8H,2-3,6-7,9H2,1H3/q+1. The van der Waals surface area contributed by atoms with Gasteiger partial charge in [-0.2, -0.15) is 0 Å². The van der Waals surface area contributed by atoms with Crippen molar-refractivity contribution in [1.29, 1.82) is 0 Å². The second kappa shape index (κ2) is 4.03. The average molecular weight is 262 g/mol. The first-order chi connectivity index (χ1) is 9.03. The molecule has 2 aliphatic rings. The first-order valence-electron chi connectivity index (χ1n) is 6.45. The number of hydrogen-bond donors (Lipinski definition) is 0. The molecule has 1 saturated heterocycles. The van der Waals surface area contributed by atoms with Gasteiger partial charge in [0.05, 0.1) is 18.0 Å². The molecule has 1 aromatic rings. The van der Waals surface area contributed by atoms with Crippen molar-refractivity contribution in [2.75, 3.05) is 31.6 Å². The van der Waals surface area contributed by atoms with Crippen molar-refractivity contribution < 1.29 is 9.72 Å². The van der Waals surface area contributed by atoms with E-state index in [4.69, 9.17) is 0 Å². The van der Waals surface area contributed by atoms with E-state index in [9.17, 15) is 14.9 Å². The number of fused-ring (bicyclic) bond motifs is 2. The molecular formula is C13H16N3O3+. The van der Waals surface area contributed by atoms with Gasteiger partial charge in [-0.25, -0.2) is 0 Å². The third-order valence-corrected chi connectivity index (χ3v) is 4.28. The number of benzene rings is 1. The zero-order chi connectivity index (χ0) is 13.6. The Bertz CT molecular complexity index is 564. The summed E-state index contributed by atoms with van der Waals surface area (Å²) in [6.07, 6.45) is 2.21. The zero-order valence-electron chi connectivity index (χ0n) is 10.8. The van der Waals surface area contributed by atoms with E-state index in [2.05, 4.69) is 0 Å². The minimum atomic E-state index is -0.415. The molecule has 100 valence electrons. The Morgan fingerprint density at radius 3 is 2.63 bits per heavy atom. The van der Waals surface area contributed by atoms with Crippen LogP contribution in [0.3, 0.4) is 0 Å². The number of rotatable bonds is 1. The number of nitro groups is 1. The number of carbonyl (C=O) groups is 1. The van der Waals surface area contributed by atoms with E-state index in [1.807, 2.05) is 6.07 Å². The lowest BCUT2D eigenvalue weighted by atomic mass is 10.1. The molecule has 6 heteroatoms. The molecule has 1 fully saturated rings. The quantitative estimate of drug-likeness (QED) is 0.439. The molecule has 3 rings (SSSR count). The van der Waals surface area contributed by atoms with E-state index in [1.165, 1.54) is 6.07 Å². The monoisotopic (exact) mass is 262 g/mol. The van der Waals surface area contributed by atoms with Gasteiger partial charge in [-0.1, -0.05) is 0 Å². The Morgan fingerprint density at radius 2 is 2.00 bits per heavy atom. The molecule has 0 aliphatic carbocycles. The SMILES string of the molecule is CN1C(=O)C[N+]2(CCCC2)c2ccc([N+](=O)[O-])cc21. The van der Waals surface area contributed by atoms with E-state index >= 15 is 0 Å². The number of amides is 1. The molecular weight excluding hydrogens is 246 g/mol. The van der Waals surface area contributed by atoms with Crippen molar-refractivity contribution in [2.45, 2.75) is 12.8 Å². The second-order valence-electron chi connectivity index (χ2n) is 5.34. The largest absolute Gasteiger partial charge is 0.305 e. The molecule has 1 spiro atoms. The summed E-state index contributed by atoms with van der Waals surface area (Å²) in [5.74, 6) is 0.0369. The predicted octanol–water partition coefficient (Wildman–Crippen LogP) is 1.67. The molecule has 1 aromatic carbocycles. The van der Waals surface area contributed by atoms with Gasteiger partial charge in [-0.05, 0) is 0 Å². The Labute approximate surface area is 111 Å². The maximum Gasteiger partial charge on any atom is 0.282 e. The summed E-state index contributed by atoms with van der Waals surface area (Å²) in [6, 6.07) is 4.88. The maximum absolute atomic E-state index is 12.1. The van der Waals surface area contributed by atoms with Gasteiger partial charge in [-0.3, -0.25) is 19.4 Å². The highest BCUT2D eigenvalue weighted by molar-refractivity contribution is 6.02. The molecule has 0 unspecified atom stereocenters. The van der Waals surface area contributed by atoms with Gasteiger partial charge < -0.3 is 4.90 Å². The van der Waals surface area contributed by atoms with Gasteiger partial charge in [0.2, 0.25) is 0 Å². The van der Waals surface area contributed by atoms with Gasteiger partial charge in [-0.15, -0.1) is 0 Å². The summed E-state index contributed by atoms with van der Waals surface area (Å²) in [7, 11) is 1.69. The summed E-state index contributed by atoms with van der Waals surface area (Å²) in [4.78, 5) is 24.2. The molecule has 0 N–H and O–H groups in total. The Morgan fingerprint density at radius 1 is 1.32 bits per heavy atom. The van der Waals surface area contributed by atoms with Crippen LogP contribution < -0.4 is 9.38 Å². The lowest BCUT2D eigenvalue weighted by Crippen LogP contribution is -2.57. The number of carbonyl (C=O) groups excluding carboxylic acids is 1. The molecule has 0 saturated carbocycles. The number of non-ortho nitro benzene ring substituents is 1. The van der Waals surface area contributed by atoms with Crippen molar-refractivity contribution >= 4 is 23.0 Å². The molecule has 1 amide bonds. The van der Waals surface area contributed by atoms with Crippen molar-refractivity contribution in [1.82, 2.24) is 4.48 Å². The summed E-state index contributed by atoms with van der Waals surface area (Å²) >= 11 is 0. The third-order valence-electron chi connectivity index (χ3n) is 4.28. The molecule has 0 atom stereocenters. The smallest absolute Gasteiger partial charge is 0.282 e. The topological polar surface area (TPSA) is 63.5 Å². The second-order valence-corrected chi connectivity index (χ2v) is 5.34. The number of likely N-dealkylation sites (N-methyl/N-ethyl adjacent to an activating group) is 1. The van der Waals surface area contributed by atoms with E-state index < -0.39 is 4.92 Å². The molecule has 2 aliphatic heterocycles. The van der Waals surface area contributed by atoms with Crippen LogP contribution in [0.1, 0.15) is 12.8 Å². The number of anilines is 1. The van der Waals surface area contributed by atoms with Crippen molar-refractivity contribution in [2.24, 2.45) is 0 Å². The van der Waals surface area contributed by atoms with Crippen LogP contribution in [-0.2, 0) is 4.79 Å². The normalized spacial score (nSPS) is 20.7. The zero-order valence-corrected chi connectivity index (χ0v) is 10.8. The maximum atomic E-state index is 12.1. The summed E-state index contributed by atoms with van der Waals surface area (Å²) < 4.78 is 0.663. The molecule has 19 heavy (non-hydrogen) atoms. The summed E-state index contributed by atoms with van der Waals surface area (Å²) in [5.41, 5.74) is 1.77. The molecule has 0 bridgehead atoms. The third kappa shape index (κ3) is 1.71. The first-order valence-corrected chi connectivity index (χ1v) is 6.45. The van der Waals surface area contributed by atoms with Crippen molar-refractivity contribution in [3.8, 4) is 0 Å².